The van der Waals surface area contributed by atoms with Crippen LogP contribution in [0.15, 0.2) is 6.33 Å². The van der Waals surface area contributed by atoms with Crippen LogP contribution in [-0.2, 0) is 11.8 Å². The van der Waals surface area contributed by atoms with Gasteiger partial charge in [-0.3, -0.25) is 4.79 Å². The SMILES string of the molecule is CC(NC(=O)NCCCCCC(=O)O)c1nncn1C. The number of carboxylic acid groups (broad SMARTS) is 1. The van der Waals surface area contributed by atoms with Gasteiger partial charge in [0.05, 0.1) is 6.04 Å². The molecule has 20 heavy (non-hydrogen) atoms. The van der Waals surface area contributed by atoms with Gasteiger partial charge in [0.25, 0.3) is 0 Å². The number of amides is 2. The molecule has 0 fully saturated rings. The van der Waals surface area contributed by atoms with Gasteiger partial charge in [0.2, 0.25) is 0 Å². The molecule has 8 heteroatoms. The standard InChI is InChI=1S/C12H21N5O3/c1-9(11-16-14-8-17(11)2)15-12(20)13-7-5-3-4-6-10(18)19/h8-9H,3-7H2,1-2H3,(H,18,19)(H2,13,15,20). The quantitative estimate of drug-likeness (QED) is 0.612. The zero-order valence-corrected chi connectivity index (χ0v) is 11.8. The lowest BCUT2D eigenvalue weighted by Crippen LogP contribution is -2.38. The lowest BCUT2D eigenvalue weighted by Gasteiger charge is -2.13. The van der Waals surface area contributed by atoms with Crippen LogP contribution in [0.3, 0.4) is 0 Å². The van der Waals surface area contributed by atoms with E-state index in [1.807, 2.05) is 14.0 Å². The highest BCUT2D eigenvalue weighted by Gasteiger charge is 2.13. The number of aliphatic carboxylic acids is 1. The van der Waals surface area contributed by atoms with Crippen molar-refractivity contribution in [3.8, 4) is 0 Å². The van der Waals surface area contributed by atoms with Crippen molar-refractivity contribution in [2.45, 2.75) is 38.6 Å². The molecule has 0 saturated carbocycles. The van der Waals surface area contributed by atoms with E-state index in [4.69, 9.17) is 5.11 Å². The Hall–Kier alpha value is -2.12. The van der Waals surface area contributed by atoms with Gasteiger partial charge < -0.3 is 20.3 Å². The third kappa shape index (κ3) is 5.68. The molecular formula is C12H21N5O3. The minimum absolute atomic E-state index is 0.176. The van der Waals surface area contributed by atoms with Crippen LogP contribution in [0.5, 0.6) is 0 Å². The summed E-state index contributed by atoms with van der Waals surface area (Å²) in [7, 11) is 1.81. The third-order valence-electron chi connectivity index (χ3n) is 2.83. The molecule has 1 rings (SSSR count). The second-order valence-electron chi connectivity index (χ2n) is 4.63. The summed E-state index contributed by atoms with van der Waals surface area (Å²) < 4.78 is 1.75. The fourth-order valence-corrected chi connectivity index (χ4v) is 1.78. The Bertz CT molecular complexity index is 446. The number of hydrogen-bond donors (Lipinski definition) is 3. The van der Waals surface area contributed by atoms with Crippen molar-refractivity contribution in [1.29, 1.82) is 0 Å². The first-order valence-corrected chi connectivity index (χ1v) is 6.60. The minimum atomic E-state index is -0.784. The molecule has 0 aromatic carbocycles. The smallest absolute Gasteiger partial charge is 0.315 e. The first-order valence-electron chi connectivity index (χ1n) is 6.60. The fourth-order valence-electron chi connectivity index (χ4n) is 1.78. The summed E-state index contributed by atoms with van der Waals surface area (Å²) in [6, 6.07) is -0.492. The second kappa shape index (κ2) is 8.13. The van der Waals surface area contributed by atoms with E-state index in [0.29, 0.717) is 18.8 Å². The maximum Gasteiger partial charge on any atom is 0.315 e. The van der Waals surface area contributed by atoms with E-state index in [-0.39, 0.29) is 18.5 Å². The van der Waals surface area contributed by atoms with Gasteiger partial charge >= 0.3 is 12.0 Å². The molecule has 1 aromatic rings. The Labute approximate surface area is 117 Å². The van der Waals surface area contributed by atoms with Crippen molar-refractivity contribution in [1.82, 2.24) is 25.4 Å². The number of aryl methyl sites for hydroxylation is 1. The van der Waals surface area contributed by atoms with Crippen LogP contribution < -0.4 is 10.6 Å². The highest BCUT2D eigenvalue weighted by molar-refractivity contribution is 5.74. The lowest BCUT2D eigenvalue weighted by molar-refractivity contribution is -0.137. The Kier molecular flexibility index (Phi) is 6.48. The van der Waals surface area contributed by atoms with Crippen LogP contribution in [0.25, 0.3) is 0 Å². The number of rotatable bonds is 8. The topological polar surface area (TPSA) is 109 Å². The van der Waals surface area contributed by atoms with Crippen LogP contribution in [0.4, 0.5) is 4.79 Å². The molecule has 0 aliphatic heterocycles. The molecule has 1 unspecified atom stereocenters. The van der Waals surface area contributed by atoms with Gasteiger partial charge in [0.15, 0.2) is 5.82 Å². The van der Waals surface area contributed by atoms with Gasteiger partial charge in [-0.2, -0.15) is 0 Å². The second-order valence-corrected chi connectivity index (χ2v) is 4.63. The van der Waals surface area contributed by atoms with Crippen LogP contribution in [0.2, 0.25) is 0 Å². The van der Waals surface area contributed by atoms with Crippen molar-refractivity contribution in [2.75, 3.05) is 6.54 Å². The summed E-state index contributed by atoms with van der Waals surface area (Å²) in [5.74, 6) is -0.102. The maximum absolute atomic E-state index is 11.6. The van der Waals surface area contributed by atoms with E-state index in [1.165, 1.54) is 0 Å². The molecule has 0 radical (unpaired) electrons. The molecule has 1 aromatic heterocycles. The largest absolute Gasteiger partial charge is 0.481 e. The molecule has 0 spiro atoms. The Balaban J connectivity index is 2.14. The zero-order valence-electron chi connectivity index (χ0n) is 11.8. The van der Waals surface area contributed by atoms with Gasteiger partial charge in [0.1, 0.15) is 6.33 Å². The van der Waals surface area contributed by atoms with E-state index in [0.717, 1.165) is 12.8 Å². The van der Waals surface area contributed by atoms with Gasteiger partial charge in [-0.15, -0.1) is 10.2 Å². The normalized spacial score (nSPS) is 11.9. The van der Waals surface area contributed by atoms with Crippen LogP contribution >= 0.6 is 0 Å². The molecule has 0 saturated heterocycles. The molecule has 0 aliphatic carbocycles. The molecule has 1 atom stereocenters. The summed E-state index contributed by atoms with van der Waals surface area (Å²) in [6.07, 6.45) is 3.93. The monoisotopic (exact) mass is 283 g/mol. The van der Waals surface area contributed by atoms with Gasteiger partial charge in [-0.1, -0.05) is 6.42 Å². The summed E-state index contributed by atoms with van der Waals surface area (Å²) >= 11 is 0. The van der Waals surface area contributed by atoms with E-state index in [9.17, 15) is 9.59 Å². The number of nitrogens with zero attached hydrogens (tertiary/aromatic N) is 3. The number of unbranched alkanes of at least 4 members (excludes halogenated alkanes) is 2. The number of aromatic nitrogens is 3. The summed E-state index contributed by atoms with van der Waals surface area (Å²) in [5, 5.41) is 21.6. The number of nitrogens with one attached hydrogen (secondary N) is 2. The molecular weight excluding hydrogens is 262 g/mol. The molecule has 3 N–H and O–H groups in total. The molecule has 2 amide bonds. The van der Waals surface area contributed by atoms with Crippen molar-refractivity contribution >= 4 is 12.0 Å². The minimum Gasteiger partial charge on any atom is -0.481 e. The number of carbonyl (C=O) groups excluding carboxylic acids is 1. The molecule has 1 heterocycles. The predicted octanol–water partition coefficient (Wildman–Crippen LogP) is 0.820. The maximum atomic E-state index is 11.6. The number of hydrogen-bond acceptors (Lipinski definition) is 4. The Morgan fingerprint density at radius 2 is 2.15 bits per heavy atom. The van der Waals surface area contributed by atoms with Crippen molar-refractivity contribution in [3.63, 3.8) is 0 Å². The van der Waals surface area contributed by atoms with E-state index >= 15 is 0 Å². The van der Waals surface area contributed by atoms with Crippen molar-refractivity contribution < 1.29 is 14.7 Å². The number of carbonyl (C=O) groups is 2. The molecule has 0 aliphatic rings. The highest BCUT2D eigenvalue weighted by Crippen LogP contribution is 2.06. The van der Waals surface area contributed by atoms with Crippen LogP contribution in [-0.4, -0.2) is 38.4 Å². The average Bonchev–Trinajstić information content (AvgIpc) is 2.79. The fraction of sp³-hybridized carbons (Fsp3) is 0.667. The summed E-state index contributed by atoms with van der Waals surface area (Å²) in [6.45, 7) is 2.35. The van der Waals surface area contributed by atoms with Gasteiger partial charge in [0, 0.05) is 20.0 Å². The number of carboxylic acids is 1. The number of urea groups is 1. The summed E-state index contributed by atoms with van der Waals surface area (Å²) in [4.78, 5) is 21.9. The zero-order chi connectivity index (χ0) is 15.0. The Morgan fingerprint density at radius 3 is 2.75 bits per heavy atom. The van der Waals surface area contributed by atoms with E-state index in [2.05, 4.69) is 20.8 Å². The van der Waals surface area contributed by atoms with E-state index < -0.39 is 5.97 Å². The first-order chi connectivity index (χ1) is 9.50. The molecule has 112 valence electrons. The molecule has 8 nitrogen and oxygen atoms in total. The first kappa shape index (κ1) is 15.9. The van der Waals surface area contributed by atoms with Crippen LogP contribution in [0, 0.1) is 0 Å². The third-order valence-corrected chi connectivity index (χ3v) is 2.83. The van der Waals surface area contributed by atoms with Crippen molar-refractivity contribution in [2.24, 2.45) is 7.05 Å². The average molecular weight is 283 g/mol. The molecule has 0 bridgehead atoms. The summed E-state index contributed by atoms with van der Waals surface area (Å²) in [5.41, 5.74) is 0. The van der Waals surface area contributed by atoms with Gasteiger partial charge in [-0.05, 0) is 19.8 Å². The van der Waals surface area contributed by atoms with Crippen LogP contribution in [0.1, 0.15) is 44.5 Å². The van der Waals surface area contributed by atoms with E-state index in [1.54, 1.807) is 10.9 Å². The van der Waals surface area contributed by atoms with Gasteiger partial charge in [-0.25, -0.2) is 4.79 Å². The predicted molar refractivity (Wildman–Crippen MR) is 72.1 cm³/mol. The Morgan fingerprint density at radius 1 is 1.40 bits per heavy atom. The highest BCUT2D eigenvalue weighted by atomic mass is 16.4. The van der Waals surface area contributed by atoms with Crippen molar-refractivity contribution in [3.05, 3.63) is 12.2 Å². The lowest BCUT2D eigenvalue weighted by atomic mass is 10.2.